The molecule has 0 spiro atoms. The van der Waals surface area contributed by atoms with Gasteiger partial charge in [-0.15, -0.1) is 0 Å². The van der Waals surface area contributed by atoms with E-state index < -0.39 is 58.7 Å². The molecule has 1 atom stereocenters. The zero-order valence-corrected chi connectivity index (χ0v) is 23.5. The first kappa shape index (κ1) is 30.0. The average molecular weight is 613 g/mol. The van der Waals surface area contributed by atoms with Crippen LogP contribution in [0.3, 0.4) is 0 Å². The number of aromatic hydroxyl groups is 1. The Kier molecular flexibility index (Phi) is 8.69. The number of hydrogen-bond donors (Lipinski definition) is 2. The molecule has 2 heterocycles. The summed E-state index contributed by atoms with van der Waals surface area (Å²) in [6, 6.07) is 6.37. The Morgan fingerprint density at radius 1 is 1.13 bits per heavy atom. The molecule has 12 heteroatoms. The van der Waals surface area contributed by atoms with E-state index in [1.165, 1.54) is 22.8 Å². The lowest BCUT2D eigenvalue weighted by Crippen LogP contribution is -2.40. The molecular formula is C27H28BrF3N2O6. The van der Waals surface area contributed by atoms with Gasteiger partial charge in [0.05, 0.1) is 21.6 Å². The molecule has 0 bridgehead atoms. The summed E-state index contributed by atoms with van der Waals surface area (Å²) in [5.74, 6) is -2.15. The Morgan fingerprint density at radius 3 is 2.31 bits per heavy atom. The Bertz CT molecular complexity index is 1460. The van der Waals surface area contributed by atoms with Crippen LogP contribution in [0.4, 0.5) is 13.2 Å². The van der Waals surface area contributed by atoms with Crippen LogP contribution in [0.5, 0.6) is 11.5 Å². The predicted molar refractivity (Wildman–Crippen MR) is 142 cm³/mol. The number of carbonyl (C=O) groups excluding carboxylic acids is 2. The number of nitrogens with zero attached hydrogens (tertiary/aromatic N) is 1. The summed E-state index contributed by atoms with van der Waals surface area (Å²) in [6.45, 7) is 8.28. The number of carbonyl (C=O) groups is 2. The summed E-state index contributed by atoms with van der Waals surface area (Å²) in [4.78, 5) is 38.7. The van der Waals surface area contributed by atoms with Crippen LogP contribution in [0.1, 0.15) is 62.1 Å². The number of nitrogens with one attached hydrogen (secondary N) is 1. The van der Waals surface area contributed by atoms with E-state index in [2.05, 4.69) is 21.2 Å². The third-order valence-electron chi connectivity index (χ3n) is 5.61. The predicted octanol–water partition coefficient (Wildman–Crippen LogP) is 5.57. The fourth-order valence-electron chi connectivity index (χ4n) is 4.07. The number of hydrogen-bond acceptors (Lipinski definition) is 6. The van der Waals surface area contributed by atoms with Gasteiger partial charge >= 0.3 is 12.1 Å². The molecule has 1 aliphatic rings. The molecule has 0 fully saturated rings. The second kappa shape index (κ2) is 11.3. The molecule has 1 aliphatic heterocycles. The number of benzene rings is 2. The molecule has 1 amide bonds. The van der Waals surface area contributed by atoms with E-state index in [1.807, 2.05) is 13.8 Å². The summed E-state index contributed by atoms with van der Waals surface area (Å²) in [5.41, 5.74) is -2.69. The van der Waals surface area contributed by atoms with Crippen molar-refractivity contribution < 1.29 is 37.3 Å². The maximum absolute atomic E-state index is 13.6. The monoisotopic (exact) mass is 612 g/mol. The van der Waals surface area contributed by atoms with Gasteiger partial charge in [-0.05, 0) is 66.5 Å². The highest BCUT2D eigenvalue weighted by atomic mass is 79.9. The minimum absolute atomic E-state index is 0.108. The van der Waals surface area contributed by atoms with Gasteiger partial charge in [0.1, 0.15) is 30.1 Å². The van der Waals surface area contributed by atoms with E-state index in [0.717, 1.165) is 12.1 Å². The first-order valence-electron chi connectivity index (χ1n) is 12.1. The minimum atomic E-state index is -4.54. The maximum Gasteiger partial charge on any atom is 0.416 e. The summed E-state index contributed by atoms with van der Waals surface area (Å²) in [6.07, 6.45) is -4.54. The lowest BCUT2D eigenvalue weighted by molar-refractivity contribution is -0.153. The molecule has 0 saturated carbocycles. The van der Waals surface area contributed by atoms with Crippen molar-refractivity contribution in [2.24, 2.45) is 0 Å². The Balaban J connectivity index is 0.00000205. The van der Waals surface area contributed by atoms with Crippen molar-refractivity contribution in [1.82, 2.24) is 9.88 Å². The molecule has 2 N–H and O–H groups in total. The highest BCUT2D eigenvalue weighted by Crippen LogP contribution is 2.42. The number of esters is 1. The van der Waals surface area contributed by atoms with Crippen molar-refractivity contribution in [3.05, 3.63) is 67.9 Å². The van der Waals surface area contributed by atoms with E-state index >= 15 is 0 Å². The number of alkyl halides is 3. The van der Waals surface area contributed by atoms with Crippen molar-refractivity contribution >= 4 is 38.7 Å². The van der Waals surface area contributed by atoms with Crippen LogP contribution < -0.4 is 15.6 Å². The van der Waals surface area contributed by atoms with Crippen molar-refractivity contribution in [3.63, 3.8) is 0 Å². The van der Waals surface area contributed by atoms with Crippen molar-refractivity contribution in [2.45, 2.75) is 52.4 Å². The van der Waals surface area contributed by atoms with Gasteiger partial charge in [0.15, 0.2) is 5.75 Å². The summed E-state index contributed by atoms with van der Waals surface area (Å²) in [7, 11) is 0. The van der Waals surface area contributed by atoms with Crippen molar-refractivity contribution in [1.29, 1.82) is 0 Å². The molecule has 39 heavy (non-hydrogen) atoms. The van der Waals surface area contributed by atoms with Crippen LogP contribution in [0.25, 0.3) is 10.9 Å². The van der Waals surface area contributed by atoms with E-state index in [-0.39, 0.29) is 23.3 Å². The normalized spacial score (nSPS) is 14.6. The van der Waals surface area contributed by atoms with E-state index in [1.54, 1.807) is 26.8 Å². The average Bonchev–Trinajstić information content (AvgIpc) is 2.86. The molecule has 4 rings (SSSR count). The molecule has 0 radical (unpaired) electrons. The quantitative estimate of drug-likeness (QED) is 0.373. The number of halogens is 4. The molecule has 0 saturated heterocycles. The Hall–Kier alpha value is -3.54. The third-order valence-corrected chi connectivity index (χ3v) is 6.23. The van der Waals surface area contributed by atoms with Gasteiger partial charge in [-0.2, -0.15) is 13.2 Å². The minimum Gasteiger partial charge on any atom is -0.506 e. The van der Waals surface area contributed by atoms with Gasteiger partial charge in [0.2, 0.25) is 0 Å². The molecule has 3 aromatic rings. The van der Waals surface area contributed by atoms with Crippen LogP contribution >= 0.6 is 15.9 Å². The van der Waals surface area contributed by atoms with Crippen LogP contribution in [0.15, 0.2) is 45.7 Å². The highest BCUT2D eigenvalue weighted by Gasteiger charge is 2.34. The summed E-state index contributed by atoms with van der Waals surface area (Å²) < 4.78 is 51.9. The second-order valence-corrected chi connectivity index (χ2v) is 10.2. The zero-order chi connectivity index (χ0) is 29.3. The zero-order valence-electron chi connectivity index (χ0n) is 21.9. The highest BCUT2D eigenvalue weighted by molar-refractivity contribution is 9.10. The summed E-state index contributed by atoms with van der Waals surface area (Å²) >= 11 is 3.34. The van der Waals surface area contributed by atoms with Crippen LogP contribution in [-0.2, 0) is 15.7 Å². The number of aromatic nitrogens is 1. The number of pyridine rings is 1. The Morgan fingerprint density at radius 2 is 1.74 bits per heavy atom. The fraction of sp³-hybridized carbons (Fsp3) is 0.370. The van der Waals surface area contributed by atoms with Crippen LogP contribution in [0.2, 0.25) is 0 Å². The lowest BCUT2D eigenvalue weighted by atomic mass is 10.0. The molecule has 8 nitrogen and oxygen atoms in total. The van der Waals surface area contributed by atoms with Gasteiger partial charge in [0.25, 0.3) is 11.5 Å². The van der Waals surface area contributed by atoms with Gasteiger partial charge in [0, 0.05) is 5.39 Å². The molecule has 0 aliphatic carbocycles. The number of amides is 1. The van der Waals surface area contributed by atoms with Crippen molar-refractivity contribution in [3.8, 4) is 11.5 Å². The standard InChI is InChI=1S/C25H22BrF3N2O6.C2H6/c1-24(2,3)37-17(32)10-30-22(34)18-20(33)14-8-9-15(26)21-19(14)31(23(18)35)16(11-36-21)12-4-6-13(7-5-12)25(27,28)29;1-2/h4-9,16,33H,10-11H2,1-3H3,(H,30,34);1-2H3. The number of ether oxygens (including phenoxy) is 2. The van der Waals surface area contributed by atoms with Crippen LogP contribution in [0, 0.1) is 0 Å². The maximum atomic E-state index is 13.6. The second-order valence-electron chi connectivity index (χ2n) is 9.39. The van der Waals surface area contributed by atoms with Gasteiger partial charge in [-0.3, -0.25) is 19.0 Å². The number of rotatable bonds is 4. The molecule has 2 aromatic carbocycles. The first-order valence-corrected chi connectivity index (χ1v) is 12.9. The molecule has 1 unspecified atom stereocenters. The molecular weight excluding hydrogens is 585 g/mol. The summed E-state index contributed by atoms with van der Waals surface area (Å²) in [5, 5.41) is 13.3. The third kappa shape index (κ3) is 6.21. The Labute approximate surface area is 230 Å². The topological polar surface area (TPSA) is 107 Å². The molecule has 210 valence electrons. The smallest absolute Gasteiger partial charge is 0.416 e. The van der Waals surface area contributed by atoms with Crippen molar-refractivity contribution in [2.75, 3.05) is 13.2 Å². The SMILES string of the molecule is CC.CC(C)(C)OC(=O)CNC(=O)c1c(O)c2ccc(Br)c3c2n(c1=O)C(c1ccc(C(F)(F)F)cc1)CO3. The van der Waals surface area contributed by atoms with E-state index in [9.17, 15) is 32.7 Å². The van der Waals surface area contributed by atoms with Gasteiger partial charge < -0.3 is 19.9 Å². The van der Waals surface area contributed by atoms with E-state index in [0.29, 0.717) is 10.0 Å². The molecule has 1 aromatic heterocycles. The fourth-order valence-corrected chi connectivity index (χ4v) is 4.50. The largest absolute Gasteiger partial charge is 0.506 e. The van der Waals surface area contributed by atoms with Gasteiger partial charge in [-0.1, -0.05) is 26.0 Å². The lowest BCUT2D eigenvalue weighted by Gasteiger charge is -2.30. The first-order chi connectivity index (χ1) is 18.2. The van der Waals surface area contributed by atoms with E-state index in [4.69, 9.17) is 9.47 Å². The van der Waals surface area contributed by atoms with Crippen LogP contribution in [-0.4, -0.2) is 40.3 Å². The van der Waals surface area contributed by atoms with Gasteiger partial charge in [-0.25, -0.2) is 0 Å².